The van der Waals surface area contributed by atoms with Crippen molar-refractivity contribution in [1.82, 2.24) is 15.0 Å². The fourth-order valence-electron chi connectivity index (χ4n) is 3.06. The molecule has 0 saturated carbocycles. The number of nitrogens with two attached hydrogens (primary N) is 1. The highest BCUT2D eigenvalue weighted by Gasteiger charge is 2.27. The van der Waals surface area contributed by atoms with Crippen LogP contribution in [-0.2, 0) is 0 Å². The average molecular weight is 290 g/mol. The summed E-state index contributed by atoms with van der Waals surface area (Å²) < 4.78 is 0. The molecule has 0 bridgehead atoms. The summed E-state index contributed by atoms with van der Waals surface area (Å²) in [5.41, 5.74) is 6.33. The number of anilines is 3. The Morgan fingerprint density at radius 3 is 1.90 bits per heavy atom. The second-order valence-corrected chi connectivity index (χ2v) is 6.99. The van der Waals surface area contributed by atoms with Crippen LogP contribution in [0.5, 0.6) is 0 Å². The standard InChI is InChI=1S/C15H26N6/c1-15(2)6-10-21(11-7-15)14-18-12(16)17-13(19-14)20-8-4-3-5-9-20/h3-11H2,1-2H3,(H2,16,17,18,19). The Morgan fingerprint density at radius 1 is 0.810 bits per heavy atom. The smallest absolute Gasteiger partial charge is 0.231 e. The van der Waals surface area contributed by atoms with Gasteiger partial charge in [-0.1, -0.05) is 13.8 Å². The van der Waals surface area contributed by atoms with E-state index in [2.05, 4.69) is 38.6 Å². The van der Waals surface area contributed by atoms with Gasteiger partial charge in [0, 0.05) is 26.2 Å². The minimum atomic E-state index is 0.338. The summed E-state index contributed by atoms with van der Waals surface area (Å²) >= 11 is 0. The lowest BCUT2D eigenvalue weighted by Crippen LogP contribution is -2.39. The van der Waals surface area contributed by atoms with Gasteiger partial charge < -0.3 is 15.5 Å². The largest absolute Gasteiger partial charge is 0.368 e. The van der Waals surface area contributed by atoms with Crippen LogP contribution in [0.15, 0.2) is 0 Å². The monoisotopic (exact) mass is 290 g/mol. The molecule has 21 heavy (non-hydrogen) atoms. The summed E-state index contributed by atoms with van der Waals surface area (Å²) in [5, 5.41) is 0. The molecular formula is C15H26N6. The molecule has 0 radical (unpaired) electrons. The molecule has 0 unspecified atom stereocenters. The highest BCUT2D eigenvalue weighted by atomic mass is 15.4. The van der Waals surface area contributed by atoms with Gasteiger partial charge in [-0.3, -0.25) is 0 Å². The minimum absolute atomic E-state index is 0.338. The molecule has 2 aliphatic heterocycles. The highest BCUT2D eigenvalue weighted by molar-refractivity contribution is 5.44. The van der Waals surface area contributed by atoms with Gasteiger partial charge in [0.1, 0.15) is 0 Å². The van der Waals surface area contributed by atoms with Crippen molar-refractivity contribution in [2.24, 2.45) is 5.41 Å². The van der Waals surface area contributed by atoms with E-state index in [4.69, 9.17) is 5.73 Å². The molecule has 0 amide bonds. The van der Waals surface area contributed by atoms with Gasteiger partial charge in [-0.05, 0) is 37.5 Å². The van der Waals surface area contributed by atoms with Gasteiger partial charge in [0.15, 0.2) is 0 Å². The topological polar surface area (TPSA) is 71.2 Å². The summed E-state index contributed by atoms with van der Waals surface area (Å²) in [7, 11) is 0. The molecule has 0 spiro atoms. The quantitative estimate of drug-likeness (QED) is 0.899. The molecule has 2 aliphatic rings. The van der Waals surface area contributed by atoms with Crippen molar-refractivity contribution in [1.29, 1.82) is 0 Å². The maximum atomic E-state index is 5.91. The number of rotatable bonds is 2. The molecule has 6 nitrogen and oxygen atoms in total. The first-order valence-electron chi connectivity index (χ1n) is 8.05. The zero-order chi connectivity index (χ0) is 14.9. The third-order valence-corrected chi connectivity index (χ3v) is 4.67. The predicted molar refractivity (Wildman–Crippen MR) is 85.5 cm³/mol. The van der Waals surface area contributed by atoms with Gasteiger partial charge in [-0.15, -0.1) is 0 Å². The van der Waals surface area contributed by atoms with E-state index in [1.54, 1.807) is 0 Å². The van der Waals surface area contributed by atoms with E-state index >= 15 is 0 Å². The Bertz CT molecular complexity index is 485. The molecule has 116 valence electrons. The van der Waals surface area contributed by atoms with Gasteiger partial charge in [0.25, 0.3) is 0 Å². The first-order chi connectivity index (χ1) is 10.0. The van der Waals surface area contributed by atoms with Gasteiger partial charge in [0.2, 0.25) is 17.8 Å². The second kappa shape index (κ2) is 5.66. The lowest BCUT2D eigenvalue weighted by molar-refractivity contribution is 0.278. The molecule has 2 N–H and O–H groups in total. The number of hydrogen-bond donors (Lipinski definition) is 1. The van der Waals surface area contributed by atoms with Crippen LogP contribution in [0.3, 0.4) is 0 Å². The normalized spacial score (nSPS) is 22.4. The van der Waals surface area contributed by atoms with E-state index in [9.17, 15) is 0 Å². The van der Waals surface area contributed by atoms with Crippen LogP contribution in [0.2, 0.25) is 0 Å². The summed E-state index contributed by atoms with van der Waals surface area (Å²) in [6, 6.07) is 0. The van der Waals surface area contributed by atoms with Crippen LogP contribution >= 0.6 is 0 Å². The Kier molecular flexibility index (Phi) is 3.87. The van der Waals surface area contributed by atoms with Crippen LogP contribution in [0.4, 0.5) is 17.8 Å². The summed E-state index contributed by atoms with van der Waals surface area (Å²) in [6.45, 7) is 8.69. The third-order valence-electron chi connectivity index (χ3n) is 4.67. The van der Waals surface area contributed by atoms with E-state index in [0.29, 0.717) is 11.4 Å². The van der Waals surface area contributed by atoms with E-state index in [1.165, 1.54) is 19.3 Å². The molecule has 0 aliphatic carbocycles. The van der Waals surface area contributed by atoms with E-state index in [0.717, 1.165) is 50.9 Å². The van der Waals surface area contributed by atoms with Gasteiger partial charge in [0.05, 0.1) is 0 Å². The van der Waals surface area contributed by atoms with Crippen molar-refractivity contribution in [2.45, 2.75) is 46.0 Å². The molecule has 1 aromatic heterocycles. The first kappa shape index (κ1) is 14.4. The molecule has 3 heterocycles. The van der Waals surface area contributed by atoms with Crippen molar-refractivity contribution in [3.8, 4) is 0 Å². The highest BCUT2D eigenvalue weighted by Crippen LogP contribution is 2.31. The van der Waals surface area contributed by atoms with E-state index < -0.39 is 0 Å². The summed E-state index contributed by atoms with van der Waals surface area (Å²) in [5.74, 6) is 1.84. The molecule has 0 aromatic carbocycles. The first-order valence-corrected chi connectivity index (χ1v) is 8.05. The van der Waals surface area contributed by atoms with Crippen LogP contribution in [-0.4, -0.2) is 41.1 Å². The maximum Gasteiger partial charge on any atom is 0.231 e. The zero-order valence-corrected chi connectivity index (χ0v) is 13.2. The number of hydrogen-bond acceptors (Lipinski definition) is 6. The van der Waals surface area contributed by atoms with Crippen LogP contribution in [0.25, 0.3) is 0 Å². The Morgan fingerprint density at radius 2 is 1.33 bits per heavy atom. The van der Waals surface area contributed by atoms with Crippen LogP contribution in [0.1, 0.15) is 46.0 Å². The molecule has 3 rings (SSSR count). The SMILES string of the molecule is CC1(C)CCN(c2nc(N)nc(N3CCCCC3)n2)CC1. The molecular weight excluding hydrogens is 264 g/mol. The zero-order valence-electron chi connectivity index (χ0n) is 13.2. The van der Waals surface area contributed by atoms with Gasteiger partial charge in [-0.2, -0.15) is 15.0 Å². The predicted octanol–water partition coefficient (Wildman–Crippen LogP) is 2.07. The number of aromatic nitrogens is 3. The minimum Gasteiger partial charge on any atom is -0.368 e. The fraction of sp³-hybridized carbons (Fsp3) is 0.800. The van der Waals surface area contributed by atoms with Crippen molar-refractivity contribution in [3.63, 3.8) is 0 Å². The Labute approximate surface area is 126 Å². The van der Waals surface area contributed by atoms with Crippen LogP contribution in [0, 0.1) is 5.41 Å². The third kappa shape index (κ3) is 3.36. The maximum absolute atomic E-state index is 5.91. The number of nitrogen functional groups attached to an aromatic ring is 1. The Balaban J connectivity index is 1.78. The van der Waals surface area contributed by atoms with E-state index in [-0.39, 0.29) is 0 Å². The molecule has 2 saturated heterocycles. The average Bonchev–Trinajstić information content (AvgIpc) is 2.47. The molecule has 0 atom stereocenters. The van der Waals surface area contributed by atoms with Crippen molar-refractivity contribution in [2.75, 3.05) is 41.7 Å². The summed E-state index contributed by atoms with van der Waals surface area (Å²) in [4.78, 5) is 17.9. The lowest BCUT2D eigenvalue weighted by atomic mass is 9.83. The van der Waals surface area contributed by atoms with Crippen molar-refractivity contribution < 1.29 is 0 Å². The number of nitrogens with zero attached hydrogens (tertiary/aromatic N) is 5. The fourth-order valence-corrected chi connectivity index (χ4v) is 3.06. The lowest BCUT2D eigenvalue weighted by Gasteiger charge is -2.37. The van der Waals surface area contributed by atoms with Crippen molar-refractivity contribution in [3.05, 3.63) is 0 Å². The van der Waals surface area contributed by atoms with E-state index in [1.807, 2.05) is 0 Å². The van der Waals surface area contributed by atoms with Gasteiger partial charge in [-0.25, -0.2) is 0 Å². The second-order valence-electron chi connectivity index (χ2n) is 6.99. The molecule has 1 aromatic rings. The molecule has 6 heteroatoms. The summed E-state index contributed by atoms with van der Waals surface area (Å²) in [6.07, 6.45) is 6.04. The number of piperidine rings is 2. The van der Waals surface area contributed by atoms with Crippen molar-refractivity contribution >= 4 is 17.8 Å². The van der Waals surface area contributed by atoms with Crippen LogP contribution < -0.4 is 15.5 Å². The Hall–Kier alpha value is -1.59. The van der Waals surface area contributed by atoms with Gasteiger partial charge >= 0.3 is 0 Å². The molecule has 2 fully saturated rings.